The van der Waals surface area contributed by atoms with E-state index in [1.807, 2.05) is 31.3 Å². The molecule has 2 aromatic rings. The van der Waals surface area contributed by atoms with E-state index in [1.54, 1.807) is 12.1 Å². The van der Waals surface area contributed by atoms with E-state index in [9.17, 15) is 0 Å². The molecule has 0 N–H and O–H groups in total. The van der Waals surface area contributed by atoms with E-state index in [1.165, 1.54) is 5.56 Å². The van der Waals surface area contributed by atoms with Crippen LogP contribution in [0.5, 0.6) is 0 Å². The molecule has 19 heavy (non-hydrogen) atoms. The van der Waals surface area contributed by atoms with Crippen molar-refractivity contribution in [2.75, 3.05) is 0 Å². The zero-order valence-electron chi connectivity index (χ0n) is 10.9. The van der Waals surface area contributed by atoms with E-state index >= 15 is 0 Å². The standard InChI is InChI=1S/C16H15Cl2N/c1-11-3-5-13(6-4-11)10-19-12(2)15-9-14(17)7-8-16(15)18/h3-10,12H,1-2H3/b19-10-. The first-order valence-electron chi connectivity index (χ1n) is 6.11. The number of hydrogen-bond acceptors (Lipinski definition) is 1. The van der Waals surface area contributed by atoms with Crippen LogP contribution in [-0.2, 0) is 0 Å². The number of halogens is 2. The topological polar surface area (TPSA) is 12.4 Å². The average Bonchev–Trinajstić information content (AvgIpc) is 2.40. The Balaban J connectivity index is 2.18. The van der Waals surface area contributed by atoms with E-state index in [2.05, 4.69) is 24.0 Å². The van der Waals surface area contributed by atoms with Crippen molar-refractivity contribution in [2.24, 2.45) is 4.99 Å². The Kier molecular flexibility index (Phi) is 4.62. The first kappa shape index (κ1) is 14.1. The van der Waals surface area contributed by atoms with Gasteiger partial charge in [0.25, 0.3) is 0 Å². The number of aryl methyl sites for hydroxylation is 1. The van der Waals surface area contributed by atoms with Crippen molar-refractivity contribution in [3.05, 3.63) is 69.2 Å². The lowest BCUT2D eigenvalue weighted by molar-refractivity contribution is 0.825. The Morgan fingerprint density at radius 2 is 1.74 bits per heavy atom. The van der Waals surface area contributed by atoms with Gasteiger partial charge in [0.2, 0.25) is 0 Å². The average molecular weight is 292 g/mol. The Hall–Kier alpha value is -1.31. The summed E-state index contributed by atoms with van der Waals surface area (Å²) in [7, 11) is 0. The molecule has 0 saturated carbocycles. The normalized spacial score (nSPS) is 12.8. The second-order valence-corrected chi connectivity index (χ2v) is 5.37. The molecule has 0 aromatic heterocycles. The van der Waals surface area contributed by atoms with Gasteiger partial charge in [0.05, 0.1) is 6.04 Å². The van der Waals surface area contributed by atoms with Crippen molar-refractivity contribution < 1.29 is 0 Å². The summed E-state index contributed by atoms with van der Waals surface area (Å²) < 4.78 is 0. The van der Waals surface area contributed by atoms with Crippen molar-refractivity contribution >= 4 is 29.4 Å². The molecule has 0 aliphatic heterocycles. The molecule has 98 valence electrons. The SMILES string of the molecule is Cc1ccc(/C=N\C(C)c2cc(Cl)ccc2Cl)cc1. The fraction of sp³-hybridized carbons (Fsp3) is 0.188. The number of benzene rings is 2. The molecule has 0 radical (unpaired) electrons. The van der Waals surface area contributed by atoms with Crippen LogP contribution in [-0.4, -0.2) is 6.21 Å². The third-order valence-electron chi connectivity index (χ3n) is 2.93. The first-order valence-corrected chi connectivity index (χ1v) is 6.86. The Morgan fingerprint density at radius 1 is 1.05 bits per heavy atom. The molecule has 0 fully saturated rings. The highest BCUT2D eigenvalue weighted by molar-refractivity contribution is 6.33. The summed E-state index contributed by atoms with van der Waals surface area (Å²) >= 11 is 12.1. The van der Waals surface area contributed by atoms with Crippen LogP contribution < -0.4 is 0 Å². The lowest BCUT2D eigenvalue weighted by Crippen LogP contribution is -1.93. The van der Waals surface area contributed by atoms with Gasteiger partial charge >= 0.3 is 0 Å². The maximum absolute atomic E-state index is 6.16. The molecule has 0 bridgehead atoms. The molecule has 0 aliphatic carbocycles. The van der Waals surface area contributed by atoms with Gasteiger partial charge in [-0.1, -0.05) is 53.0 Å². The molecule has 0 saturated heterocycles. The summed E-state index contributed by atoms with van der Waals surface area (Å²) in [5.41, 5.74) is 3.26. The molecule has 0 spiro atoms. The number of hydrogen-bond donors (Lipinski definition) is 0. The Bertz CT molecular complexity index is 588. The van der Waals surface area contributed by atoms with Gasteiger partial charge in [-0.25, -0.2) is 0 Å². The molecule has 0 heterocycles. The molecule has 0 amide bonds. The van der Waals surface area contributed by atoms with Gasteiger partial charge in [-0.3, -0.25) is 4.99 Å². The van der Waals surface area contributed by atoms with E-state index in [4.69, 9.17) is 23.2 Å². The number of nitrogens with zero attached hydrogens (tertiary/aromatic N) is 1. The zero-order chi connectivity index (χ0) is 13.8. The van der Waals surface area contributed by atoms with Gasteiger partial charge in [-0.2, -0.15) is 0 Å². The molecular formula is C16H15Cl2N. The second kappa shape index (κ2) is 6.23. The Morgan fingerprint density at radius 3 is 2.42 bits per heavy atom. The number of aliphatic imine (C=N–C) groups is 1. The van der Waals surface area contributed by atoms with Crippen LogP contribution in [0.15, 0.2) is 47.5 Å². The maximum atomic E-state index is 6.16. The van der Waals surface area contributed by atoms with Crippen LogP contribution in [0.2, 0.25) is 10.0 Å². The fourth-order valence-electron chi connectivity index (χ4n) is 1.77. The van der Waals surface area contributed by atoms with Gasteiger partial charge in [0, 0.05) is 16.3 Å². The van der Waals surface area contributed by atoms with Crippen molar-refractivity contribution in [1.29, 1.82) is 0 Å². The Labute approximate surface area is 123 Å². The van der Waals surface area contributed by atoms with Crippen molar-refractivity contribution in [2.45, 2.75) is 19.9 Å². The first-order chi connectivity index (χ1) is 9.06. The van der Waals surface area contributed by atoms with Crippen LogP contribution in [0.3, 0.4) is 0 Å². The monoisotopic (exact) mass is 291 g/mol. The predicted molar refractivity (Wildman–Crippen MR) is 83.7 cm³/mol. The molecule has 1 unspecified atom stereocenters. The van der Waals surface area contributed by atoms with Crippen LogP contribution >= 0.6 is 23.2 Å². The predicted octanol–water partition coefficient (Wildman–Crippen LogP) is 5.48. The molecule has 1 nitrogen and oxygen atoms in total. The van der Waals surface area contributed by atoms with Gasteiger partial charge in [0.1, 0.15) is 0 Å². The second-order valence-electron chi connectivity index (χ2n) is 4.53. The summed E-state index contributed by atoms with van der Waals surface area (Å²) in [6.45, 7) is 4.07. The highest BCUT2D eigenvalue weighted by Gasteiger charge is 2.08. The summed E-state index contributed by atoms with van der Waals surface area (Å²) in [5.74, 6) is 0. The minimum Gasteiger partial charge on any atom is -0.285 e. The quantitative estimate of drug-likeness (QED) is 0.664. The van der Waals surface area contributed by atoms with Gasteiger partial charge in [-0.15, -0.1) is 0 Å². The van der Waals surface area contributed by atoms with Crippen LogP contribution in [0.1, 0.15) is 29.7 Å². The minimum absolute atomic E-state index is 0.0208. The van der Waals surface area contributed by atoms with Gasteiger partial charge in [-0.05, 0) is 43.2 Å². The van der Waals surface area contributed by atoms with Crippen molar-refractivity contribution in [1.82, 2.24) is 0 Å². The maximum Gasteiger partial charge on any atom is 0.0736 e. The largest absolute Gasteiger partial charge is 0.285 e. The summed E-state index contributed by atoms with van der Waals surface area (Å²) in [6, 6.07) is 13.7. The van der Waals surface area contributed by atoms with Crippen molar-refractivity contribution in [3.8, 4) is 0 Å². The molecule has 3 heteroatoms. The minimum atomic E-state index is -0.0208. The fourth-order valence-corrected chi connectivity index (χ4v) is 2.22. The molecule has 2 rings (SSSR count). The lowest BCUT2D eigenvalue weighted by atomic mass is 10.1. The molecule has 2 aromatic carbocycles. The summed E-state index contributed by atoms with van der Waals surface area (Å²) in [6.07, 6.45) is 1.86. The van der Waals surface area contributed by atoms with Crippen LogP contribution in [0.4, 0.5) is 0 Å². The van der Waals surface area contributed by atoms with E-state index in [-0.39, 0.29) is 6.04 Å². The number of rotatable bonds is 3. The third-order valence-corrected chi connectivity index (χ3v) is 3.51. The van der Waals surface area contributed by atoms with Gasteiger partial charge in [0.15, 0.2) is 0 Å². The molecule has 1 atom stereocenters. The smallest absolute Gasteiger partial charge is 0.0736 e. The lowest BCUT2D eigenvalue weighted by Gasteiger charge is -2.09. The summed E-state index contributed by atoms with van der Waals surface area (Å²) in [5, 5.41) is 1.37. The molecule has 0 aliphatic rings. The van der Waals surface area contributed by atoms with Crippen LogP contribution in [0, 0.1) is 6.92 Å². The summed E-state index contributed by atoms with van der Waals surface area (Å²) in [4.78, 5) is 4.53. The van der Waals surface area contributed by atoms with Crippen molar-refractivity contribution in [3.63, 3.8) is 0 Å². The van der Waals surface area contributed by atoms with E-state index < -0.39 is 0 Å². The highest BCUT2D eigenvalue weighted by atomic mass is 35.5. The highest BCUT2D eigenvalue weighted by Crippen LogP contribution is 2.28. The molecular weight excluding hydrogens is 277 g/mol. The zero-order valence-corrected chi connectivity index (χ0v) is 12.4. The van der Waals surface area contributed by atoms with E-state index in [0.29, 0.717) is 10.0 Å². The van der Waals surface area contributed by atoms with E-state index in [0.717, 1.165) is 11.1 Å². The van der Waals surface area contributed by atoms with Gasteiger partial charge < -0.3 is 0 Å². The van der Waals surface area contributed by atoms with Crippen LogP contribution in [0.25, 0.3) is 0 Å². The third kappa shape index (κ3) is 3.82.